The first-order chi connectivity index (χ1) is 50.2. The zero-order chi connectivity index (χ0) is 75.9. The Morgan fingerprint density at radius 3 is 1.25 bits per heavy atom. The number of hydrogen-bond donors (Lipinski definition) is 1. The Balaban J connectivity index is 0.000000479. The monoisotopic (exact) mass is 1500 g/mol. The van der Waals surface area contributed by atoms with Crippen LogP contribution in [-0.2, 0) is 80.2 Å². The molecule has 574 valence electrons. The molecular weight excluding hydrogens is 1410 g/mol. The number of aromatic amines is 1. The second-order valence-corrected chi connectivity index (χ2v) is 22.0. The topological polar surface area (TPSA) is 359 Å². The van der Waals surface area contributed by atoms with Crippen LogP contribution in [0.5, 0.6) is 34.5 Å². The molecule has 0 aliphatic rings. The van der Waals surface area contributed by atoms with E-state index in [1.54, 1.807) is 103 Å². The SMILES string of the molecule is C.C.CCOP(OCC)OCC.COC(=O)COc1ccccc1OCCOc1cc(-c2cc3ccc(C(=O)OC)cc3[nH]2)ccc1N(CC(=O)OC)CC(=O)OC.COC(=O)COc1ccccc1OCCOc1cc(/C=C/c2ccc(C(=O)OC)cc2[N+](=O)[O-])ccc1N(CC(=O)OC)CC(=O)OC. The summed E-state index contributed by atoms with van der Waals surface area (Å²) in [5, 5.41) is 12.6. The van der Waals surface area contributed by atoms with Gasteiger partial charge in [0.15, 0.2) is 36.2 Å². The number of fused-ring (bicyclic) bond motifs is 1. The van der Waals surface area contributed by atoms with Gasteiger partial charge in [0.2, 0.25) is 0 Å². The maximum absolute atomic E-state index is 12.3. The quantitative estimate of drug-likeness (QED) is 0.00714. The third kappa shape index (κ3) is 28.6. The summed E-state index contributed by atoms with van der Waals surface area (Å²) in [4.78, 5) is 113. The number of para-hydroxylation sites is 4. The highest BCUT2D eigenvalue weighted by atomic mass is 31.2. The van der Waals surface area contributed by atoms with Crippen LogP contribution in [0.2, 0.25) is 0 Å². The standard InChI is InChI=1S/C33H34N2O13.C33H34N2O11.C6H15O3P.2CH4/c1-42-30(36)19-34(20-31(37)43-2)25-14-10-22(9-11-23-12-13-24(33(39)45-4)18-26(23)35(40)41)17-29(25)47-16-15-46-27-7-5-6-8-28(27)48-21-32(38)44-3;1-40-30(36)18-35(19-31(37)41-2)26-12-11-22(24-15-21-9-10-23(33(39)43-4)16-25(21)34-24)17-29(26)45-14-13-44-27-7-5-6-8-28(27)46-20-32(38)42-3;1-4-7-10(8-5-2)9-6-3;;/h5-14,17-18H,15-16,19-21H2,1-4H3;5-12,15-17,34H,13-14,18-20H2,1-4H3;4-6H2,1-3H3;2*1H4/b11-9+;;;;. The van der Waals surface area contributed by atoms with Crippen molar-refractivity contribution in [1.29, 1.82) is 0 Å². The van der Waals surface area contributed by atoms with E-state index in [0.29, 0.717) is 71.1 Å². The number of nitro groups is 1. The average molecular weight is 1500 g/mol. The number of H-pyrrole nitrogens is 1. The largest absolute Gasteiger partial charge is 0.488 e. The van der Waals surface area contributed by atoms with Gasteiger partial charge in [-0.1, -0.05) is 63.4 Å². The predicted octanol–water partition coefficient (Wildman–Crippen LogP) is 11.1. The number of hydrogen-bond acceptors (Lipinski definition) is 29. The Hall–Kier alpha value is -11.5. The zero-order valence-electron chi connectivity index (χ0n) is 59.3. The molecule has 1 N–H and O–H groups in total. The smallest absolute Gasteiger partial charge is 0.343 e. The third-order valence-corrected chi connectivity index (χ3v) is 15.4. The van der Waals surface area contributed by atoms with Gasteiger partial charge in [-0.25, -0.2) is 19.2 Å². The highest BCUT2D eigenvalue weighted by Crippen LogP contribution is 2.39. The number of ether oxygens (including phenoxy) is 14. The number of carbonyl (C=O) groups excluding carboxylic acids is 8. The molecule has 0 amide bonds. The molecule has 7 aromatic rings. The number of nitro benzene ring substituents is 1. The molecule has 0 saturated heterocycles. The van der Waals surface area contributed by atoms with Gasteiger partial charge in [-0.05, 0) is 111 Å². The van der Waals surface area contributed by atoms with Crippen molar-refractivity contribution >= 4 is 96.5 Å². The van der Waals surface area contributed by atoms with Gasteiger partial charge in [0.05, 0.1) is 110 Å². The number of rotatable bonds is 38. The average Bonchev–Trinajstić information content (AvgIpc) is 1.51. The lowest BCUT2D eigenvalue weighted by Gasteiger charge is -2.25. The molecule has 1 aromatic heterocycles. The van der Waals surface area contributed by atoms with Crippen LogP contribution in [-0.4, -0.2) is 200 Å². The van der Waals surface area contributed by atoms with E-state index in [2.05, 4.69) is 19.2 Å². The van der Waals surface area contributed by atoms with E-state index in [1.807, 2.05) is 32.9 Å². The van der Waals surface area contributed by atoms with Crippen LogP contribution in [0, 0.1) is 10.1 Å². The van der Waals surface area contributed by atoms with E-state index < -0.39 is 61.3 Å². The molecule has 0 radical (unpaired) electrons. The van der Waals surface area contributed by atoms with E-state index >= 15 is 0 Å². The summed E-state index contributed by atoms with van der Waals surface area (Å²) in [6.07, 6.45) is 3.08. The van der Waals surface area contributed by atoms with Gasteiger partial charge < -0.3 is 94.7 Å². The number of nitrogens with one attached hydrogen (secondary N) is 1. The molecule has 0 unspecified atom stereocenters. The van der Waals surface area contributed by atoms with E-state index in [4.69, 9.17) is 65.7 Å². The zero-order valence-corrected chi connectivity index (χ0v) is 60.2. The van der Waals surface area contributed by atoms with Crippen molar-refractivity contribution in [1.82, 2.24) is 4.98 Å². The summed E-state index contributed by atoms with van der Waals surface area (Å²) in [5.41, 5.74) is 3.85. The molecule has 6 aromatic carbocycles. The van der Waals surface area contributed by atoms with E-state index in [1.165, 1.54) is 84.9 Å². The minimum absolute atomic E-state index is 0. The summed E-state index contributed by atoms with van der Waals surface area (Å²) in [7, 11) is 8.89. The molecule has 32 heteroatoms. The molecule has 0 aliphatic heterocycles. The van der Waals surface area contributed by atoms with Crippen LogP contribution >= 0.6 is 8.60 Å². The summed E-state index contributed by atoms with van der Waals surface area (Å²) in [6, 6.07) is 34.8. The number of aromatic nitrogens is 1. The molecular formula is C74H91N4O27P. The van der Waals surface area contributed by atoms with E-state index in [0.717, 1.165) is 28.2 Å². The molecule has 0 bridgehead atoms. The molecule has 7 rings (SSSR count). The van der Waals surface area contributed by atoms with Gasteiger partial charge in [0, 0.05) is 28.2 Å². The Morgan fingerprint density at radius 2 is 0.830 bits per heavy atom. The van der Waals surface area contributed by atoms with Gasteiger partial charge in [0.1, 0.15) is 64.1 Å². The summed E-state index contributed by atoms with van der Waals surface area (Å²) < 4.78 is 88.3. The lowest BCUT2D eigenvalue weighted by molar-refractivity contribution is -0.385. The lowest BCUT2D eigenvalue weighted by atomic mass is 10.1. The third-order valence-electron chi connectivity index (χ3n) is 14.0. The normalized spacial score (nSPS) is 10.3. The highest BCUT2D eigenvalue weighted by Gasteiger charge is 2.24. The Morgan fingerprint density at radius 1 is 0.434 bits per heavy atom. The molecule has 1 heterocycles. The summed E-state index contributed by atoms with van der Waals surface area (Å²) in [6.45, 7) is 6.15. The van der Waals surface area contributed by atoms with Crippen molar-refractivity contribution in [3.8, 4) is 45.8 Å². The fourth-order valence-electron chi connectivity index (χ4n) is 9.01. The number of benzene rings is 6. The van der Waals surface area contributed by atoms with Gasteiger partial charge in [-0.2, -0.15) is 0 Å². The molecule has 0 aliphatic carbocycles. The molecule has 31 nitrogen and oxygen atoms in total. The number of methoxy groups -OCH3 is 8. The molecule has 0 fully saturated rings. The highest BCUT2D eigenvalue weighted by molar-refractivity contribution is 7.41. The molecule has 106 heavy (non-hydrogen) atoms. The van der Waals surface area contributed by atoms with Crippen molar-refractivity contribution in [3.05, 3.63) is 160 Å². The van der Waals surface area contributed by atoms with E-state index in [-0.39, 0.29) is 103 Å². The van der Waals surface area contributed by atoms with Crippen LogP contribution in [0.25, 0.3) is 34.3 Å². The first-order valence-corrected chi connectivity index (χ1v) is 32.9. The van der Waals surface area contributed by atoms with Gasteiger partial charge in [-0.15, -0.1) is 0 Å². The number of carbonyl (C=O) groups is 8. The fraction of sp³-hybridized carbons (Fsp3) is 0.351. The van der Waals surface area contributed by atoms with Crippen molar-refractivity contribution in [2.75, 3.05) is 152 Å². The Labute approximate surface area is 615 Å². The summed E-state index contributed by atoms with van der Waals surface area (Å²) in [5.74, 6) is -2.65. The number of nitrogens with zero attached hydrogens (tertiary/aromatic N) is 3. The molecule has 0 spiro atoms. The first kappa shape index (κ1) is 88.7. The fourth-order valence-corrected chi connectivity index (χ4v) is 9.86. The number of anilines is 2. The van der Waals surface area contributed by atoms with Crippen LogP contribution in [0.1, 0.15) is 67.5 Å². The van der Waals surface area contributed by atoms with Crippen LogP contribution < -0.4 is 38.2 Å². The second kappa shape index (κ2) is 47.7. The molecule has 0 saturated carbocycles. The Bertz CT molecular complexity index is 3980. The van der Waals surface area contributed by atoms with Gasteiger partial charge in [0.25, 0.3) is 5.69 Å². The predicted molar refractivity (Wildman–Crippen MR) is 393 cm³/mol. The van der Waals surface area contributed by atoms with Crippen molar-refractivity contribution < 1.29 is 123 Å². The summed E-state index contributed by atoms with van der Waals surface area (Å²) >= 11 is 0. The minimum Gasteiger partial charge on any atom is -0.488 e. The minimum atomic E-state index is -1.06. The lowest BCUT2D eigenvalue weighted by Crippen LogP contribution is -2.36. The van der Waals surface area contributed by atoms with Crippen LogP contribution in [0.3, 0.4) is 0 Å². The Kier molecular flexibility index (Phi) is 39.9. The molecule has 0 atom stereocenters. The first-order valence-electron chi connectivity index (χ1n) is 31.8. The number of esters is 8. The van der Waals surface area contributed by atoms with Crippen molar-refractivity contribution in [2.45, 2.75) is 35.6 Å². The van der Waals surface area contributed by atoms with Crippen LogP contribution in [0.4, 0.5) is 17.1 Å². The second-order valence-electron chi connectivity index (χ2n) is 20.8. The van der Waals surface area contributed by atoms with Crippen molar-refractivity contribution in [3.63, 3.8) is 0 Å². The van der Waals surface area contributed by atoms with Gasteiger partial charge >= 0.3 is 56.4 Å². The maximum atomic E-state index is 12.3. The van der Waals surface area contributed by atoms with E-state index in [9.17, 15) is 48.5 Å². The van der Waals surface area contributed by atoms with Crippen molar-refractivity contribution in [2.24, 2.45) is 0 Å². The van der Waals surface area contributed by atoms with Gasteiger partial charge in [-0.3, -0.25) is 29.3 Å². The van der Waals surface area contributed by atoms with Crippen LogP contribution in [0.15, 0.2) is 127 Å². The maximum Gasteiger partial charge on any atom is 0.343 e.